The van der Waals surface area contributed by atoms with E-state index in [1.54, 1.807) is 6.92 Å². The van der Waals surface area contributed by atoms with Crippen LogP contribution in [0.2, 0.25) is 0 Å². The van der Waals surface area contributed by atoms with Gasteiger partial charge in [0, 0.05) is 56.4 Å². The SMILES string of the molecule is CC(=O)c1ccc(N2CCC(C(=O)N3CCN(C)CC3)CC2)cc1. The fourth-order valence-electron chi connectivity index (χ4n) is 3.58. The van der Waals surface area contributed by atoms with Crippen LogP contribution >= 0.6 is 0 Å². The van der Waals surface area contributed by atoms with Gasteiger partial charge in [0.05, 0.1) is 0 Å². The Balaban J connectivity index is 1.53. The smallest absolute Gasteiger partial charge is 0.225 e. The molecule has 0 aliphatic carbocycles. The molecule has 1 aromatic carbocycles. The van der Waals surface area contributed by atoms with Crippen LogP contribution in [-0.2, 0) is 4.79 Å². The summed E-state index contributed by atoms with van der Waals surface area (Å²) in [4.78, 5) is 30.7. The first kappa shape index (κ1) is 17.0. The summed E-state index contributed by atoms with van der Waals surface area (Å²) in [5.41, 5.74) is 1.89. The Morgan fingerprint density at radius 1 is 0.917 bits per heavy atom. The molecule has 1 amide bonds. The molecule has 0 spiro atoms. The van der Waals surface area contributed by atoms with Crippen LogP contribution in [0.1, 0.15) is 30.1 Å². The molecule has 3 rings (SSSR count). The van der Waals surface area contributed by atoms with Gasteiger partial charge in [-0.05, 0) is 51.1 Å². The molecule has 5 heteroatoms. The molecule has 2 aliphatic heterocycles. The number of amides is 1. The van der Waals surface area contributed by atoms with Gasteiger partial charge in [-0.15, -0.1) is 0 Å². The van der Waals surface area contributed by atoms with Crippen molar-refractivity contribution in [1.29, 1.82) is 0 Å². The number of anilines is 1. The summed E-state index contributed by atoms with van der Waals surface area (Å²) in [7, 11) is 2.11. The summed E-state index contributed by atoms with van der Waals surface area (Å²) in [5.74, 6) is 0.605. The summed E-state index contributed by atoms with van der Waals surface area (Å²) < 4.78 is 0. The van der Waals surface area contributed by atoms with Gasteiger partial charge in [-0.3, -0.25) is 9.59 Å². The average molecular weight is 329 g/mol. The molecule has 2 fully saturated rings. The molecule has 0 radical (unpaired) electrons. The largest absolute Gasteiger partial charge is 0.371 e. The van der Waals surface area contributed by atoms with Crippen molar-refractivity contribution in [3.63, 3.8) is 0 Å². The Labute approximate surface area is 144 Å². The molecule has 0 unspecified atom stereocenters. The molecular formula is C19H27N3O2. The highest BCUT2D eigenvalue weighted by molar-refractivity contribution is 5.94. The zero-order valence-electron chi connectivity index (χ0n) is 14.7. The first-order valence-electron chi connectivity index (χ1n) is 8.88. The molecule has 2 aliphatic rings. The number of likely N-dealkylation sites (N-methyl/N-ethyl adjacent to an activating group) is 1. The number of carbonyl (C=O) groups is 2. The number of ketones is 1. The molecule has 0 atom stereocenters. The number of hydrogen-bond donors (Lipinski definition) is 0. The second-order valence-corrected chi connectivity index (χ2v) is 6.99. The fraction of sp³-hybridized carbons (Fsp3) is 0.579. The number of nitrogens with zero attached hydrogens (tertiary/aromatic N) is 3. The second kappa shape index (κ2) is 7.34. The first-order chi connectivity index (χ1) is 11.5. The number of piperidine rings is 1. The van der Waals surface area contributed by atoms with Crippen molar-refractivity contribution < 1.29 is 9.59 Å². The Hall–Kier alpha value is -1.88. The number of benzene rings is 1. The van der Waals surface area contributed by atoms with E-state index in [-0.39, 0.29) is 11.7 Å². The summed E-state index contributed by atoms with van der Waals surface area (Å²) in [5, 5.41) is 0. The van der Waals surface area contributed by atoms with E-state index >= 15 is 0 Å². The van der Waals surface area contributed by atoms with Gasteiger partial charge in [-0.1, -0.05) is 0 Å². The van der Waals surface area contributed by atoms with Crippen molar-refractivity contribution in [2.75, 3.05) is 51.2 Å². The highest BCUT2D eigenvalue weighted by atomic mass is 16.2. The van der Waals surface area contributed by atoms with Crippen molar-refractivity contribution in [3.8, 4) is 0 Å². The summed E-state index contributed by atoms with van der Waals surface area (Å²) in [6.07, 6.45) is 1.83. The predicted octanol–water partition coefficient (Wildman–Crippen LogP) is 1.88. The van der Waals surface area contributed by atoms with Crippen molar-refractivity contribution in [1.82, 2.24) is 9.80 Å². The molecule has 130 valence electrons. The Morgan fingerprint density at radius 3 is 2.04 bits per heavy atom. The molecule has 0 bridgehead atoms. The van der Waals surface area contributed by atoms with Crippen molar-refractivity contribution >= 4 is 17.4 Å². The van der Waals surface area contributed by atoms with Crippen LogP contribution in [0.25, 0.3) is 0 Å². The van der Waals surface area contributed by atoms with Gasteiger partial charge in [0.15, 0.2) is 5.78 Å². The molecule has 2 heterocycles. The van der Waals surface area contributed by atoms with Crippen LogP contribution in [0, 0.1) is 5.92 Å². The van der Waals surface area contributed by atoms with E-state index in [1.807, 2.05) is 29.2 Å². The summed E-state index contributed by atoms with van der Waals surface area (Å²) >= 11 is 0. The maximum absolute atomic E-state index is 12.7. The highest BCUT2D eigenvalue weighted by Gasteiger charge is 2.29. The van der Waals surface area contributed by atoms with Crippen LogP contribution in [0.3, 0.4) is 0 Å². The lowest BCUT2D eigenvalue weighted by atomic mass is 9.94. The summed E-state index contributed by atoms with van der Waals surface area (Å²) in [6.45, 7) is 7.09. The molecule has 2 saturated heterocycles. The summed E-state index contributed by atoms with van der Waals surface area (Å²) in [6, 6.07) is 7.80. The third-order valence-electron chi connectivity index (χ3n) is 5.30. The van der Waals surface area contributed by atoms with E-state index in [1.165, 1.54) is 0 Å². The van der Waals surface area contributed by atoms with Crippen molar-refractivity contribution in [3.05, 3.63) is 29.8 Å². The van der Waals surface area contributed by atoms with Gasteiger partial charge >= 0.3 is 0 Å². The normalized spacial score (nSPS) is 20.2. The third-order valence-corrected chi connectivity index (χ3v) is 5.30. The minimum absolute atomic E-state index is 0.0954. The van der Waals surface area contributed by atoms with Gasteiger partial charge in [0.2, 0.25) is 5.91 Å². The van der Waals surface area contributed by atoms with Crippen LogP contribution < -0.4 is 4.90 Å². The van der Waals surface area contributed by atoms with E-state index in [4.69, 9.17) is 0 Å². The standard InChI is InChI=1S/C19H27N3O2/c1-15(23)16-3-5-18(6-4-16)21-9-7-17(8-10-21)19(24)22-13-11-20(2)12-14-22/h3-6,17H,7-14H2,1-2H3. The topological polar surface area (TPSA) is 43.9 Å². The number of Topliss-reactive ketones (excluding diaryl/α,β-unsaturated/α-hetero) is 1. The highest BCUT2D eigenvalue weighted by Crippen LogP contribution is 2.25. The lowest BCUT2D eigenvalue weighted by molar-refractivity contribution is -0.137. The van der Waals surface area contributed by atoms with Crippen molar-refractivity contribution in [2.24, 2.45) is 5.92 Å². The first-order valence-corrected chi connectivity index (χ1v) is 8.88. The minimum Gasteiger partial charge on any atom is -0.371 e. The molecule has 0 aromatic heterocycles. The van der Waals surface area contributed by atoms with Crippen molar-refractivity contribution in [2.45, 2.75) is 19.8 Å². The van der Waals surface area contributed by atoms with Crippen LogP contribution in [-0.4, -0.2) is 67.8 Å². The Kier molecular flexibility index (Phi) is 5.19. The van der Waals surface area contributed by atoms with Gasteiger partial charge in [0.25, 0.3) is 0 Å². The molecule has 0 saturated carbocycles. The molecule has 0 N–H and O–H groups in total. The van der Waals surface area contributed by atoms with Gasteiger partial charge in [-0.2, -0.15) is 0 Å². The monoisotopic (exact) mass is 329 g/mol. The second-order valence-electron chi connectivity index (χ2n) is 6.99. The minimum atomic E-state index is 0.0954. The molecule has 1 aromatic rings. The average Bonchev–Trinajstić information content (AvgIpc) is 2.62. The lowest BCUT2D eigenvalue weighted by Gasteiger charge is -2.38. The van der Waals surface area contributed by atoms with Crippen LogP contribution in [0.4, 0.5) is 5.69 Å². The van der Waals surface area contributed by atoms with E-state index in [0.29, 0.717) is 5.91 Å². The fourth-order valence-corrected chi connectivity index (χ4v) is 3.58. The number of hydrogen-bond acceptors (Lipinski definition) is 4. The molecule has 5 nitrogen and oxygen atoms in total. The number of carbonyl (C=O) groups excluding carboxylic acids is 2. The zero-order valence-corrected chi connectivity index (χ0v) is 14.7. The Morgan fingerprint density at radius 2 is 1.50 bits per heavy atom. The van der Waals surface area contributed by atoms with E-state index in [0.717, 1.165) is 63.4 Å². The van der Waals surface area contributed by atoms with E-state index in [2.05, 4.69) is 16.8 Å². The van der Waals surface area contributed by atoms with Gasteiger partial charge in [-0.25, -0.2) is 0 Å². The number of piperazine rings is 1. The maximum atomic E-state index is 12.7. The quantitative estimate of drug-likeness (QED) is 0.794. The van der Waals surface area contributed by atoms with E-state index in [9.17, 15) is 9.59 Å². The van der Waals surface area contributed by atoms with Crippen LogP contribution in [0.15, 0.2) is 24.3 Å². The lowest BCUT2D eigenvalue weighted by Crippen LogP contribution is -2.50. The zero-order chi connectivity index (χ0) is 17.1. The molecule has 24 heavy (non-hydrogen) atoms. The predicted molar refractivity (Wildman–Crippen MR) is 95.5 cm³/mol. The van der Waals surface area contributed by atoms with Gasteiger partial charge < -0.3 is 14.7 Å². The molecular weight excluding hydrogens is 302 g/mol. The van der Waals surface area contributed by atoms with E-state index < -0.39 is 0 Å². The number of rotatable bonds is 3. The Bertz CT molecular complexity index is 583. The third kappa shape index (κ3) is 3.78. The maximum Gasteiger partial charge on any atom is 0.225 e. The van der Waals surface area contributed by atoms with Gasteiger partial charge in [0.1, 0.15) is 0 Å². The van der Waals surface area contributed by atoms with Crippen LogP contribution in [0.5, 0.6) is 0 Å².